The number of rotatable bonds is 5. The fraction of sp³-hybridized carbons (Fsp3) is 0.692. The van der Waals surface area contributed by atoms with E-state index < -0.39 is 0 Å². The molecule has 0 spiro atoms. The molecule has 1 aliphatic carbocycles. The summed E-state index contributed by atoms with van der Waals surface area (Å²) >= 11 is 5.73. The van der Waals surface area contributed by atoms with Gasteiger partial charge in [-0.2, -0.15) is 0 Å². The molecule has 0 aromatic carbocycles. The van der Waals surface area contributed by atoms with E-state index >= 15 is 0 Å². The summed E-state index contributed by atoms with van der Waals surface area (Å²) in [6, 6.07) is 3.73. The number of furan rings is 1. The summed E-state index contributed by atoms with van der Waals surface area (Å²) in [5.41, 5.74) is 0.538. The maximum atomic E-state index is 5.73. The van der Waals surface area contributed by atoms with Crippen LogP contribution in [-0.2, 0) is 6.54 Å². The van der Waals surface area contributed by atoms with Crippen LogP contribution in [0, 0.1) is 5.41 Å². The van der Waals surface area contributed by atoms with Crippen molar-refractivity contribution in [1.82, 2.24) is 5.32 Å². The van der Waals surface area contributed by atoms with Gasteiger partial charge in [-0.05, 0) is 48.4 Å². The largest absolute Gasteiger partial charge is 0.448 e. The highest BCUT2D eigenvalue weighted by Gasteiger charge is 2.31. The van der Waals surface area contributed by atoms with Gasteiger partial charge in [0.05, 0.1) is 6.54 Å². The zero-order chi connectivity index (χ0) is 11.4. The number of halogens is 1. The Balaban J connectivity index is 1.78. The zero-order valence-corrected chi connectivity index (χ0v) is 10.6. The van der Waals surface area contributed by atoms with Crippen LogP contribution in [0.4, 0.5) is 0 Å². The molecular weight excluding hydrogens is 222 g/mol. The Morgan fingerprint density at radius 1 is 1.38 bits per heavy atom. The second kappa shape index (κ2) is 5.24. The molecule has 1 aromatic rings. The SMILES string of the molecule is CCC1(CNCc2ccc(Cl)o2)CCCC1. The monoisotopic (exact) mass is 241 g/mol. The highest BCUT2D eigenvalue weighted by molar-refractivity contribution is 6.28. The summed E-state index contributed by atoms with van der Waals surface area (Å²) in [7, 11) is 0. The lowest BCUT2D eigenvalue weighted by molar-refractivity contribution is 0.264. The van der Waals surface area contributed by atoms with Gasteiger partial charge in [0, 0.05) is 6.54 Å². The van der Waals surface area contributed by atoms with Crippen molar-refractivity contribution >= 4 is 11.6 Å². The molecule has 1 N–H and O–H groups in total. The van der Waals surface area contributed by atoms with Crippen LogP contribution >= 0.6 is 11.6 Å². The molecule has 1 fully saturated rings. The van der Waals surface area contributed by atoms with E-state index in [1.54, 1.807) is 6.07 Å². The molecule has 90 valence electrons. The standard InChI is InChI=1S/C13H20ClNO/c1-2-13(7-3-4-8-13)10-15-9-11-5-6-12(14)16-11/h5-6,15H,2-4,7-10H2,1H3. The molecule has 0 amide bonds. The zero-order valence-electron chi connectivity index (χ0n) is 9.89. The van der Waals surface area contributed by atoms with E-state index in [1.807, 2.05) is 6.07 Å². The lowest BCUT2D eigenvalue weighted by Crippen LogP contribution is -2.31. The van der Waals surface area contributed by atoms with E-state index in [1.165, 1.54) is 32.1 Å². The molecule has 2 rings (SSSR count). The van der Waals surface area contributed by atoms with Crippen molar-refractivity contribution in [2.24, 2.45) is 5.41 Å². The first-order valence-corrected chi connectivity index (χ1v) is 6.57. The van der Waals surface area contributed by atoms with Gasteiger partial charge in [-0.25, -0.2) is 0 Å². The molecule has 0 atom stereocenters. The lowest BCUT2D eigenvalue weighted by Gasteiger charge is -2.27. The van der Waals surface area contributed by atoms with Crippen molar-refractivity contribution in [3.63, 3.8) is 0 Å². The first kappa shape index (κ1) is 12.0. The van der Waals surface area contributed by atoms with Gasteiger partial charge in [-0.1, -0.05) is 19.8 Å². The third-order valence-electron chi connectivity index (χ3n) is 3.84. The molecule has 2 nitrogen and oxygen atoms in total. The van der Waals surface area contributed by atoms with Crippen LogP contribution in [0.25, 0.3) is 0 Å². The van der Waals surface area contributed by atoms with Gasteiger partial charge in [0.15, 0.2) is 5.22 Å². The van der Waals surface area contributed by atoms with Crippen molar-refractivity contribution in [2.45, 2.75) is 45.6 Å². The van der Waals surface area contributed by atoms with E-state index in [2.05, 4.69) is 12.2 Å². The van der Waals surface area contributed by atoms with Crippen molar-refractivity contribution in [3.05, 3.63) is 23.1 Å². The minimum absolute atomic E-state index is 0.475. The van der Waals surface area contributed by atoms with Gasteiger partial charge < -0.3 is 9.73 Å². The third-order valence-corrected chi connectivity index (χ3v) is 4.05. The second-order valence-corrected chi connectivity index (χ2v) is 5.24. The minimum Gasteiger partial charge on any atom is -0.448 e. The quantitative estimate of drug-likeness (QED) is 0.843. The van der Waals surface area contributed by atoms with Crippen LogP contribution in [0.15, 0.2) is 16.5 Å². The first-order chi connectivity index (χ1) is 7.74. The van der Waals surface area contributed by atoms with Crippen molar-refractivity contribution in [2.75, 3.05) is 6.54 Å². The Bertz CT molecular complexity index is 328. The van der Waals surface area contributed by atoms with Gasteiger partial charge in [0.1, 0.15) is 5.76 Å². The predicted molar refractivity (Wildman–Crippen MR) is 66.6 cm³/mol. The fourth-order valence-electron chi connectivity index (χ4n) is 2.68. The van der Waals surface area contributed by atoms with Gasteiger partial charge in [0.25, 0.3) is 0 Å². The Morgan fingerprint density at radius 3 is 2.69 bits per heavy atom. The van der Waals surface area contributed by atoms with Crippen molar-refractivity contribution < 1.29 is 4.42 Å². The normalized spacial score (nSPS) is 19.1. The number of hydrogen-bond donors (Lipinski definition) is 1. The molecule has 1 aliphatic rings. The van der Waals surface area contributed by atoms with E-state index in [9.17, 15) is 0 Å². The van der Waals surface area contributed by atoms with E-state index in [0.717, 1.165) is 18.8 Å². The molecule has 1 aromatic heterocycles. The third kappa shape index (κ3) is 2.80. The highest BCUT2D eigenvalue weighted by Crippen LogP contribution is 2.40. The van der Waals surface area contributed by atoms with Crippen LogP contribution in [0.5, 0.6) is 0 Å². The first-order valence-electron chi connectivity index (χ1n) is 6.19. The smallest absolute Gasteiger partial charge is 0.193 e. The maximum absolute atomic E-state index is 5.73. The van der Waals surface area contributed by atoms with Crippen molar-refractivity contribution in [3.8, 4) is 0 Å². The van der Waals surface area contributed by atoms with Gasteiger partial charge in [-0.3, -0.25) is 0 Å². The Labute approximate surface area is 102 Å². The average Bonchev–Trinajstić information content (AvgIpc) is 2.89. The molecule has 0 aliphatic heterocycles. The van der Waals surface area contributed by atoms with E-state index in [0.29, 0.717) is 10.6 Å². The van der Waals surface area contributed by atoms with Crippen LogP contribution in [-0.4, -0.2) is 6.54 Å². The summed E-state index contributed by atoms with van der Waals surface area (Å²) in [5, 5.41) is 3.97. The molecule has 16 heavy (non-hydrogen) atoms. The van der Waals surface area contributed by atoms with Crippen LogP contribution < -0.4 is 5.32 Å². The van der Waals surface area contributed by atoms with Crippen LogP contribution in [0.3, 0.4) is 0 Å². The Hall–Kier alpha value is -0.470. The number of hydrogen-bond acceptors (Lipinski definition) is 2. The van der Waals surface area contributed by atoms with Crippen LogP contribution in [0.2, 0.25) is 5.22 Å². The molecule has 0 bridgehead atoms. The Kier molecular flexibility index (Phi) is 3.93. The van der Waals surface area contributed by atoms with Gasteiger partial charge in [-0.15, -0.1) is 0 Å². The average molecular weight is 242 g/mol. The summed E-state index contributed by atoms with van der Waals surface area (Å²) in [6.45, 7) is 4.19. The highest BCUT2D eigenvalue weighted by atomic mass is 35.5. The number of nitrogens with one attached hydrogen (secondary N) is 1. The second-order valence-electron chi connectivity index (χ2n) is 4.87. The Morgan fingerprint density at radius 2 is 2.12 bits per heavy atom. The molecule has 3 heteroatoms. The molecular formula is C13H20ClNO. The summed E-state index contributed by atoms with van der Waals surface area (Å²) in [4.78, 5) is 0. The lowest BCUT2D eigenvalue weighted by atomic mass is 9.83. The topological polar surface area (TPSA) is 25.2 Å². The summed E-state index contributed by atoms with van der Waals surface area (Å²) < 4.78 is 5.32. The van der Waals surface area contributed by atoms with Gasteiger partial charge >= 0.3 is 0 Å². The molecule has 0 unspecified atom stereocenters. The van der Waals surface area contributed by atoms with Gasteiger partial charge in [0.2, 0.25) is 0 Å². The van der Waals surface area contributed by atoms with E-state index in [-0.39, 0.29) is 0 Å². The van der Waals surface area contributed by atoms with Crippen LogP contribution in [0.1, 0.15) is 44.8 Å². The van der Waals surface area contributed by atoms with Crippen molar-refractivity contribution in [1.29, 1.82) is 0 Å². The fourth-order valence-corrected chi connectivity index (χ4v) is 2.84. The molecule has 0 saturated heterocycles. The summed E-state index contributed by atoms with van der Waals surface area (Å²) in [5.74, 6) is 0.925. The summed E-state index contributed by atoms with van der Waals surface area (Å²) in [6.07, 6.45) is 6.80. The molecule has 1 saturated carbocycles. The molecule has 0 radical (unpaired) electrons. The molecule has 1 heterocycles. The van der Waals surface area contributed by atoms with E-state index in [4.69, 9.17) is 16.0 Å². The maximum Gasteiger partial charge on any atom is 0.193 e. The minimum atomic E-state index is 0.475. The predicted octanol–water partition coefficient (Wildman–Crippen LogP) is 3.99.